The zero-order chi connectivity index (χ0) is 14.5. The van der Waals surface area contributed by atoms with Crippen molar-refractivity contribution in [2.75, 3.05) is 19.4 Å². The van der Waals surface area contributed by atoms with Gasteiger partial charge in [-0.2, -0.15) is 0 Å². The molecule has 5 heteroatoms. The van der Waals surface area contributed by atoms with Crippen molar-refractivity contribution < 1.29 is 13.5 Å². The predicted octanol–water partition coefficient (Wildman–Crippen LogP) is 1.54. The van der Waals surface area contributed by atoms with E-state index in [1.54, 1.807) is 18.2 Å². The van der Waals surface area contributed by atoms with E-state index in [1.165, 1.54) is 6.26 Å². The highest BCUT2D eigenvalue weighted by Crippen LogP contribution is 2.28. The molecule has 4 nitrogen and oxygen atoms in total. The Morgan fingerprint density at radius 3 is 2.53 bits per heavy atom. The quantitative estimate of drug-likeness (QED) is 0.796. The summed E-state index contributed by atoms with van der Waals surface area (Å²) < 4.78 is 23.1. The maximum atomic E-state index is 11.6. The van der Waals surface area contributed by atoms with Gasteiger partial charge in [-0.3, -0.25) is 0 Å². The van der Waals surface area contributed by atoms with Crippen LogP contribution in [-0.4, -0.2) is 32.9 Å². The molecule has 0 bridgehead atoms. The van der Waals surface area contributed by atoms with Crippen molar-refractivity contribution in [1.82, 2.24) is 0 Å². The van der Waals surface area contributed by atoms with Gasteiger partial charge in [-0.05, 0) is 48.9 Å². The Balaban J connectivity index is 2.99. The van der Waals surface area contributed by atoms with Crippen LogP contribution in [0.3, 0.4) is 0 Å². The molecule has 3 N–H and O–H groups in total. The molecule has 0 aromatic heterocycles. The van der Waals surface area contributed by atoms with Crippen molar-refractivity contribution in [3.63, 3.8) is 0 Å². The molecule has 1 aromatic rings. The van der Waals surface area contributed by atoms with Gasteiger partial charge in [-0.25, -0.2) is 8.42 Å². The number of benzene rings is 1. The van der Waals surface area contributed by atoms with Crippen LogP contribution in [0.5, 0.6) is 0 Å². The second-order valence-corrected chi connectivity index (χ2v) is 6.99. The van der Waals surface area contributed by atoms with Crippen molar-refractivity contribution in [1.29, 1.82) is 0 Å². The van der Waals surface area contributed by atoms with Gasteiger partial charge in [0.15, 0.2) is 9.84 Å². The maximum absolute atomic E-state index is 11.6. The van der Waals surface area contributed by atoms with Crippen LogP contribution < -0.4 is 5.73 Å². The standard InChI is InChI=1S/C14H23NO3S/c1-3-12(7-11(9-15)10-16)13-5-4-6-14(8-13)19(2,17)18/h4-6,8,11-12,16H,3,7,9-10,15H2,1-2H3. The summed E-state index contributed by atoms with van der Waals surface area (Å²) in [6, 6.07) is 7.05. The molecular weight excluding hydrogens is 262 g/mol. The third-order valence-corrected chi connectivity index (χ3v) is 4.57. The molecule has 2 unspecified atom stereocenters. The summed E-state index contributed by atoms with van der Waals surface area (Å²) in [6.07, 6.45) is 2.88. The smallest absolute Gasteiger partial charge is 0.175 e. The highest BCUT2D eigenvalue weighted by atomic mass is 32.2. The highest BCUT2D eigenvalue weighted by molar-refractivity contribution is 7.90. The Hall–Kier alpha value is -0.910. The molecule has 2 atom stereocenters. The van der Waals surface area contributed by atoms with Crippen molar-refractivity contribution in [2.45, 2.75) is 30.6 Å². The zero-order valence-corrected chi connectivity index (χ0v) is 12.4. The average molecular weight is 285 g/mol. The fourth-order valence-corrected chi connectivity index (χ4v) is 2.86. The molecule has 0 fully saturated rings. The molecule has 0 amide bonds. The van der Waals surface area contributed by atoms with Gasteiger partial charge in [-0.15, -0.1) is 0 Å². The number of aliphatic hydroxyl groups excluding tert-OH is 1. The van der Waals surface area contributed by atoms with Gasteiger partial charge in [0.2, 0.25) is 0 Å². The van der Waals surface area contributed by atoms with E-state index in [1.807, 2.05) is 6.07 Å². The van der Waals surface area contributed by atoms with Crippen molar-refractivity contribution in [2.24, 2.45) is 11.7 Å². The summed E-state index contributed by atoms with van der Waals surface area (Å²) in [5.41, 5.74) is 6.61. The summed E-state index contributed by atoms with van der Waals surface area (Å²) in [6.45, 7) is 2.57. The first-order valence-corrected chi connectivity index (χ1v) is 8.42. The van der Waals surface area contributed by atoms with E-state index in [0.29, 0.717) is 11.4 Å². The molecule has 0 spiro atoms. The molecule has 0 saturated heterocycles. The second-order valence-electron chi connectivity index (χ2n) is 4.97. The largest absolute Gasteiger partial charge is 0.396 e. The van der Waals surface area contributed by atoms with E-state index >= 15 is 0 Å². The van der Waals surface area contributed by atoms with Gasteiger partial charge in [0.25, 0.3) is 0 Å². The third-order valence-electron chi connectivity index (χ3n) is 3.46. The number of hydrogen-bond donors (Lipinski definition) is 2. The Bertz CT molecular complexity index is 495. The van der Waals surface area contributed by atoms with Crippen LogP contribution in [0.4, 0.5) is 0 Å². The van der Waals surface area contributed by atoms with E-state index in [-0.39, 0.29) is 18.4 Å². The van der Waals surface area contributed by atoms with Gasteiger partial charge >= 0.3 is 0 Å². The topological polar surface area (TPSA) is 80.4 Å². The van der Waals surface area contributed by atoms with Gasteiger partial charge < -0.3 is 10.8 Å². The molecule has 19 heavy (non-hydrogen) atoms. The minimum atomic E-state index is -3.18. The average Bonchev–Trinajstić information content (AvgIpc) is 2.39. The predicted molar refractivity (Wildman–Crippen MR) is 76.8 cm³/mol. The summed E-state index contributed by atoms with van der Waals surface area (Å²) in [5.74, 6) is 0.286. The minimum absolute atomic E-state index is 0.0619. The molecule has 0 aliphatic carbocycles. The van der Waals surface area contributed by atoms with Crippen LogP contribution in [0.15, 0.2) is 29.2 Å². The number of hydrogen-bond acceptors (Lipinski definition) is 4. The van der Waals surface area contributed by atoms with Gasteiger partial charge in [0.05, 0.1) is 4.90 Å². The zero-order valence-electron chi connectivity index (χ0n) is 11.5. The first-order valence-electron chi connectivity index (χ1n) is 6.53. The van der Waals surface area contributed by atoms with Crippen molar-refractivity contribution in [3.05, 3.63) is 29.8 Å². The normalized spacial score (nSPS) is 15.2. The minimum Gasteiger partial charge on any atom is -0.396 e. The van der Waals surface area contributed by atoms with Gasteiger partial charge in [-0.1, -0.05) is 19.1 Å². The lowest BCUT2D eigenvalue weighted by Crippen LogP contribution is -2.20. The molecule has 0 heterocycles. The molecule has 0 aliphatic rings. The van der Waals surface area contributed by atoms with Gasteiger partial charge in [0.1, 0.15) is 0 Å². The maximum Gasteiger partial charge on any atom is 0.175 e. The summed E-state index contributed by atoms with van der Waals surface area (Å²) >= 11 is 0. The Morgan fingerprint density at radius 2 is 2.05 bits per heavy atom. The summed E-state index contributed by atoms with van der Waals surface area (Å²) in [4.78, 5) is 0.344. The van der Waals surface area contributed by atoms with E-state index in [4.69, 9.17) is 5.73 Å². The highest BCUT2D eigenvalue weighted by Gasteiger charge is 2.17. The lowest BCUT2D eigenvalue weighted by Gasteiger charge is -2.21. The summed E-state index contributed by atoms with van der Waals surface area (Å²) in [5, 5.41) is 9.23. The van der Waals surface area contributed by atoms with Crippen LogP contribution in [0.1, 0.15) is 31.2 Å². The van der Waals surface area contributed by atoms with E-state index < -0.39 is 9.84 Å². The first kappa shape index (κ1) is 16.1. The second kappa shape index (κ2) is 7.03. The monoisotopic (exact) mass is 285 g/mol. The van der Waals surface area contributed by atoms with Crippen LogP contribution in [0.25, 0.3) is 0 Å². The third kappa shape index (κ3) is 4.60. The van der Waals surface area contributed by atoms with E-state index in [9.17, 15) is 13.5 Å². The molecule has 0 aliphatic heterocycles. The van der Waals surface area contributed by atoms with E-state index in [0.717, 1.165) is 18.4 Å². The number of aliphatic hydroxyl groups is 1. The van der Waals surface area contributed by atoms with E-state index in [2.05, 4.69) is 6.92 Å². The number of nitrogens with two attached hydrogens (primary N) is 1. The molecular formula is C14H23NO3S. The molecule has 108 valence electrons. The van der Waals surface area contributed by atoms with Crippen LogP contribution in [-0.2, 0) is 9.84 Å². The lowest BCUT2D eigenvalue weighted by atomic mass is 9.87. The van der Waals surface area contributed by atoms with Crippen molar-refractivity contribution in [3.8, 4) is 0 Å². The fourth-order valence-electron chi connectivity index (χ4n) is 2.19. The molecule has 1 rings (SSSR count). The van der Waals surface area contributed by atoms with Crippen molar-refractivity contribution >= 4 is 9.84 Å². The SMILES string of the molecule is CCC(CC(CN)CO)c1cccc(S(C)(=O)=O)c1. The molecule has 0 saturated carbocycles. The van der Waals surface area contributed by atoms with Crippen LogP contribution in [0, 0.1) is 5.92 Å². The number of sulfone groups is 1. The summed E-state index contributed by atoms with van der Waals surface area (Å²) in [7, 11) is -3.18. The van der Waals surface area contributed by atoms with Crippen LogP contribution in [0.2, 0.25) is 0 Å². The van der Waals surface area contributed by atoms with Gasteiger partial charge in [0, 0.05) is 12.9 Å². The molecule has 1 aromatic carbocycles. The number of rotatable bonds is 7. The first-order chi connectivity index (χ1) is 8.92. The lowest BCUT2D eigenvalue weighted by molar-refractivity contribution is 0.214. The molecule has 0 radical (unpaired) electrons. The Morgan fingerprint density at radius 1 is 1.37 bits per heavy atom. The van der Waals surface area contributed by atoms with Crippen LogP contribution >= 0.6 is 0 Å². The Labute approximate surface area is 115 Å². The Kier molecular flexibility index (Phi) is 5.97. The fraction of sp³-hybridized carbons (Fsp3) is 0.571.